The molecule has 1 aliphatic rings. The number of rotatable bonds is 6. The molecule has 29 heavy (non-hydrogen) atoms. The zero-order valence-electron chi connectivity index (χ0n) is 16.3. The molecule has 3 aromatic rings. The maximum atomic E-state index is 12.9. The molecule has 0 aliphatic carbocycles. The second kappa shape index (κ2) is 8.40. The van der Waals surface area contributed by atoms with Gasteiger partial charge in [-0.05, 0) is 55.2 Å². The molecule has 0 unspecified atom stereocenters. The van der Waals surface area contributed by atoms with E-state index in [1.165, 1.54) is 11.8 Å². The van der Waals surface area contributed by atoms with Gasteiger partial charge in [-0.15, -0.1) is 0 Å². The Labute approximate surface area is 170 Å². The van der Waals surface area contributed by atoms with E-state index in [4.69, 9.17) is 0 Å². The van der Waals surface area contributed by atoms with Gasteiger partial charge in [-0.2, -0.15) is 5.10 Å². The van der Waals surface area contributed by atoms with Crippen molar-refractivity contribution in [2.24, 2.45) is 0 Å². The molecule has 1 saturated heterocycles. The van der Waals surface area contributed by atoms with Gasteiger partial charge < -0.3 is 0 Å². The zero-order valence-corrected chi connectivity index (χ0v) is 17.1. The summed E-state index contributed by atoms with van der Waals surface area (Å²) < 4.78 is 30.2. The van der Waals surface area contributed by atoms with Gasteiger partial charge >= 0.3 is 0 Å². The molecule has 0 bridgehead atoms. The molecule has 0 spiro atoms. The highest BCUT2D eigenvalue weighted by Crippen LogP contribution is 2.19. The molecule has 4 rings (SSSR count). The summed E-state index contributed by atoms with van der Waals surface area (Å²) in [5.41, 5.74) is 2.55. The van der Waals surface area contributed by atoms with E-state index in [1.54, 1.807) is 42.5 Å². The molecule has 3 aromatic heterocycles. The van der Waals surface area contributed by atoms with Crippen molar-refractivity contribution < 1.29 is 8.42 Å². The number of aryl methyl sites for hydroxylation is 1. The van der Waals surface area contributed by atoms with E-state index < -0.39 is 10.0 Å². The van der Waals surface area contributed by atoms with Gasteiger partial charge in [-0.3, -0.25) is 9.88 Å². The largest absolute Gasteiger partial charge is 0.299 e. The Hall–Kier alpha value is -2.62. The Bertz CT molecular complexity index is 1050. The predicted molar refractivity (Wildman–Crippen MR) is 109 cm³/mol. The average molecular weight is 413 g/mol. The van der Waals surface area contributed by atoms with E-state index in [1.807, 2.05) is 18.2 Å². The number of hydrogen-bond donors (Lipinski definition) is 1. The summed E-state index contributed by atoms with van der Waals surface area (Å²) in [6.45, 7) is 4.31. The van der Waals surface area contributed by atoms with Crippen molar-refractivity contribution in [3.63, 3.8) is 0 Å². The van der Waals surface area contributed by atoms with Gasteiger partial charge in [-0.1, -0.05) is 0 Å². The smallest absolute Gasteiger partial charge is 0.258 e. The Morgan fingerprint density at radius 1 is 1.17 bits per heavy atom. The first-order valence-electron chi connectivity index (χ1n) is 9.61. The van der Waals surface area contributed by atoms with E-state index >= 15 is 0 Å². The number of sulfonamides is 1. The van der Waals surface area contributed by atoms with E-state index in [9.17, 15) is 8.42 Å². The van der Waals surface area contributed by atoms with Crippen LogP contribution < -0.4 is 4.72 Å². The minimum absolute atomic E-state index is 0.0765. The summed E-state index contributed by atoms with van der Waals surface area (Å²) in [4.78, 5) is 10.6. The normalized spacial score (nSPS) is 16.2. The first kappa shape index (κ1) is 19.7. The number of aromatic nitrogens is 4. The van der Waals surface area contributed by atoms with Crippen LogP contribution in [0.4, 0.5) is 0 Å². The van der Waals surface area contributed by atoms with Crippen LogP contribution in [-0.2, 0) is 16.6 Å². The third kappa shape index (κ3) is 4.69. The van der Waals surface area contributed by atoms with E-state index in [0.717, 1.165) is 38.2 Å². The van der Waals surface area contributed by atoms with Gasteiger partial charge in [0.05, 0.1) is 11.9 Å². The minimum Gasteiger partial charge on any atom is -0.299 e. The molecule has 0 aromatic carbocycles. The number of piperidine rings is 1. The van der Waals surface area contributed by atoms with Crippen molar-refractivity contribution in [1.82, 2.24) is 29.4 Å². The third-order valence-corrected chi connectivity index (χ3v) is 6.68. The van der Waals surface area contributed by atoms with Crippen LogP contribution in [0.25, 0.3) is 5.69 Å². The number of pyridine rings is 2. The Morgan fingerprint density at radius 2 is 1.93 bits per heavy atom. The van der Waals surface area contributed by atoms with Crippen LogP contribution in [0.2, 0.25) is 0 Å². The lowest BCUT2D eigenvalue weighted by molar-refractivity contribution is 0.200. The Balaban J connectivity index is 1.38. The summed E-state index contributed by atoms with van der Waals surface area (Å²) in [7, 11) is -3.67. The number of nitrogens with zero attached hydrogens (tertiary/aromatic N) is 5. The van der Waals surface area contributed by atoms with Crippen LogP contribution in [0.15, 0.2) is 60.3 Å². The molecule has 1 aliphatic heterocycles. The minimum atomic E-state index is -3.67. The second-order valence-electron chi connectivity index (χ2n) is 7.29. The molecular formula is C20H24N6O2S. The standard InChI is InChI=1S/C20H24N6O2S/c1-16-13-19(26-10-2-7-23-26)14-22-20(16)29(27,28)24-18-5-11-25(12-6-18)15-17-3-8-21-9-4-17/h2-4,7-10,13-14,18,24H,5-6,11-12,15H2,1H3. The van der Waals surface area contributed by atoms with Gasteiger partial charge in [0, 0.05) is 50.5 Å². The van der Waals surface area contributed by atoms with E-state index in [-0.39, 0.29) is 11.1 Å². The highest BCUT2D eigenvalue weighted by molar-refractivity contribution is 7.89. The van der Waals surface area contributed by atoms with E-state index in [2.05, 4.69) is 24.7 Å². The van der Waals surface area contributed by atoms with Crippen molar-refractivity contribution in [2.75, 3.05) is 13.1 Å². The van der Waals surface area contributed by atoms with Gasteiger partial charge in [0.1, 0.15) is 0 Å². The fourth-order valence-corrected chi connectivity index (χ4v) is 5.07. The van der Waals surface area contributed by atoms with Crippen LogP contribution in [0, 0.1) is 6.92 Å². The summed E-state index contributed by atoms with van der Waals surface area (Å²) in [6.07, 6.45) is 10.1. The monoisotopic (exact) mass is 412 g/mol. The lowest BCUT2D eigenvalue weighted by Crippen LogP contribution is -2.44. The molecule has 9 heteroatoms. The first-order valence-corrected chi connectivity index (χ1v) is 11.1. The summed E-state index contributed by atoms with van der Waals surface area (Å²) in [5.74, 6) is 0. The molecule has 0 atom stereocenters. The van der Waals surface area contributed by atoms with Gasteiger partial charge in [0.25, 0.3) is 10.0 Å². The molecule has 1 fully saturated rings. The number of nitrogens with one attached hydrogen (secondary N) is 1. The SMILES string of the molecule is Cc1cc(-n2cccn2)cnc1S(=O)(=O)NC1CCN(Cc2ccncc2)CC1. The molecular weight excluding hydrogens is 388 g/mol. The Morgan fingerprint density at radius 3 is 2.59 bits per heavy atom. The maximum absolute atomic E-state index is 12.9. The Kier molecular flexibility index (Phi) is 5.70. The van der Waals surface area contributed by atoms with Crippen molar-refractivity contribution in [2.45, 2.75) is 37.4 Å². The van der Waals surface area contributed by atoms with Gasteiger partial charge in [-0.25, -0.2) is 22.8 Å². The van der Waals surface area contributed by atoms with Crippen LogP contribution in [0.1, 0.15) is 24.0 Å². The van der Waals surface area contributed by atoms with Crippen molar-refractivity contribution in [1.29, 1.82) is 0 Å². The third-order valence-electron chi connectivity index (χ3n) is 5.10. The topological polar surface area (TPSA) is 93.0 Å². The molecule has 0 radical (unpaired) electrons. The summed E-state index contributed by atoms with van der Waals surface area (Å²) >= 11 is 0. The molecule has 0 saturated carbocycles. The van der Waals surface area contributed by atoms with Crippen molar-refractivity contribution in [3.8, 4) is 5.69 Å². The lowest BCUT2D eigenvalue weighted by Gasteiger charge is -2.32. The fraction of sp³-hybridized carbons (Fsp3) is 0.350. The summed E-state index contributed by atoms with van der Waals surface area (Å²) in [5, 5.41) is 4.23. The number of likely N-dealkylation sites (tertiary alicyclic amines) is 1. The highest BCUT2D eigenvalue weighted by atomic mass is 32.2. The quantitative estimate of drug-likeness (QED) is 0.665. The highest BCUT2D eigenvalue weighted by Gasteiger charge is 2.26. The van der Waals surface area contributed by atoms with Crippen LogP contribution in [0.3, 0.4) is 0 Å². The molecule has 4 heterocycles. The predicted octanol–water partition coefficient (Wildman–Crippen LogP) is 1.91. The van der Waals surface area contributed by atoms with Crippen LogP contribution >= 0.6 is 0 Å². The lowest BCUT2D eigenvalue weighted by atomic mass is 10.1. The second-order valence-corrected chi connectivity index (χ2v) is 8.92. The molecule has 0 amide bonds. The van der Waals surface area contributed by atoms with Crippen LogP contribution in [-0.4, -0.2) is 52.2 Å². The van der Waals surface area contributed by atoms with E-state index in [0.29, 0.717) is 5.56 Å². The zero-order chi connectivity index (χ0) is 20.3. The van der Waals surface area contributed by atoms with Crippen LogP contribution in [0.5, 0.6) is 0 Å². The summed E-state index contributed by atoms with van der Waals surface area (Å²) in [6, 6.07) is 7.53. The fourth-order valence-electron chi connectivity index (χ4n) is 3.61. The van der Waals surface area contributed by atoms with Crippen molar-refractivity contribution in [3.05, 3.63) is 66.4 Å². The molecule has 1 N–H and O–H groups in total. The van der Waals surface area contributed by atoms with Gasteiger partial charge in [0.15, 0.2) is 5.03 Å². The first-order chi connectivity index (χ1) is 14.0. The maximum Gasteiger partial charge on any atom is 0.258 e. The van der Waals surface area contributed by atoms with Crippen molar-refractivity contribution >= 4 is 10.0 Å². The molecule has 152 valence electrons. The van der Waals surface area contributed by atoms with Gasteiger partial charge in [0.2, 0.25) is 0 Å². The average Bonchev–Trinajstić information content (AvgIpc) is 3.25. The molecule has 8 nitrogen and oxygen atoms in total. The number of hydrogen-bond acceptors (Lipinski definition) is 6.